The molecule has 1 aromatic heterocycles. The van der Waals surface area contributed by atoms with E-state index in [0.717, 1.165) is 54.8 Å². The van der Waals surface area contributed by atoms with Crippen molar-refractivity contribution < 1.29 is 17.2 Å². The Morgan fingerprint density at radius 2 is 1.80 bits per heavy atom. The summed E-state index contributed by atoms with van der Waals surface area (Å²) in [6.07, 6.45) is 2.82. The lowest BCUT2D eigenvalue weighted by Gasteiger charge is -2.27. The van der Waals surface area contributed by atoms with Crippen LogP contribution in [0.15, 0.2) is 36.4 Å². The standard InChI is InChI=1S/C22H25F2N3O2S/c1-26-21-8-10-27(9-3-11-30(2,28)29)14-18(21)17-6-4-16(13-22(17)26)25-15-5-7-19(23)20(24)12-15/h4-7,12-13,25H,3,8-11,14H2,1-2H3. The van der Waals surface area contributed by atoms with Crippen LogP contribution in [-0.4, -0.2) is 43.0 Å². The van der Waals surface area contributed by atoms with Gasteiger partial charge in [-0.2, -0.15) is 0 Å². The molecular formula is C22H25F2N3O2S. The van der Waals surface area contributed by atoms with Crippen LogP contribution in [-0.2, 0) is 29.9 Å². The van der Waals surface area contributed by atoms with Gasteiger partial charge in [-0.3, -0.25) is 4.90 Å². The summed E-state index contributed by atoms with van der Waals surface area (Å²) in [5.41, 5.74) is 4.93. The van der Waals surface area contributed by atoms with E-state index in [0.29, 0.717) is 12.1 Å². The minimum absolute atomic E-state index is 0.213. The monoisotopic (exact) mass is 433 g/mol. The number of nitrogens with zero attached hydrogens (tertiary/aromatic N) is 2. The largest absolute Gasteiger partial charge is 0.355 e. The van der Waals surface area contributed by atoms with Crippen LogP contribution in [0.2, 0.25) is 0 Å². The lowest BCUT2D eigenvalue weighted by molar-refractivity contribution is 0.253. The van der Waals surface area contributed by atoms with E-state index in [1.807, 2.05) is 19.2 Å². The summed E-state index contributed by atoms with van der Waals surface area (Å²) in [4.78, 5) is 2.31. The van der Waals surface area contributed by atoms with E-state index >= 15 is 0 Å². The van der Waals surface area contributed by atoms with E-state index in [1.54, 1.807) is 0 Å². The first-order chi connectivity index (χ1) is 14.2. The second kappa shape index (κ2) is 8.00. The number of sulfone groups is 1. The number of halogens is 2. The topological polar surface area (TPSA) is 54.3 Å². The molecule has 0 unspecified atom stereocenters. The quantitative estimate of drug-likeness (QED) is 0.639. The number of benzene rings is 2. The number of nitrogens with one attached hydrogen (secondary N) is 1. The van der Waals surface area contributed by atoms with Crippen LogP contribution >= 0.6 is 0 Å². The number of aromatic nitrogens is 1. The van der Waals surface area contributed by atoms with Gasteiger partial charge in [0.15, 0.2) is 11.6 Å². The highest BCUT2D eigenvalue weighted by atomic mass is 32.2. The van der Waals surface area contributed by atoms with Gasteiger partial charge in [0, 0.05) is 61.3 Å². The molecule has 2 heterocycles. The summed E-state index contributed by atoms with van der Waals surface area (Å²) in [6, 6.07) is 9.76. The lowest BCUT2D eigenvalue weighted by Crippen LogP contribution is -2.32. The zero-order valence-corrected chi connectivity index (χ0v) is 17.9. The lowest BCUT2D eigenvalue weighted by atomic mass is 10.0. The van der Waals surface area contributed by atoms with E-state index in [-0.39, 0.29) is 5.75 Å². The van der Waals surface area contributed by atoms with Gasteiger partial charge in [0.1, 0.15) is 9.84 Å². The average Bonchev–Trinajstić information content (AvgIpc) is 2.95. The van der Waals surface area contributed by atoms with Crippen molar-refractivity contribution >= 4 is 32.1 Å². The van der Waals surface area contributed by atoms with Gasteiger partial charge in [-0.25, -0.2) is 17.2 Å². The van der Waals surface area contributed by atoms with Gasteiger partial charge in [0.2, 0.25) is 0 Å². The molecule has 1 N–H and O–H groups in total. The minimum atomic E-state index is -2.93. The number of hydrogen-bond acceptors (Lipinski definition) is 4. The van der Waals surface area contributed by atoms with Crippen LogP contribution in [0.25, 0.3) is 10.9 Å². The Balaban J connectivity index is 1.55. The third-order valence-electron chi connectivity index (χ3n) is 5.68. The fourth-order valence-corrected chi connectivity index (χ4v) is 4.84. The molecule has 0 aliphatic carbocycles. The number of rotatable bonds is 6. The summed E-state index contributed by atoms with van der Waals surface area (Å²) in [5.74, 6) is -1.54. The highest BCUT2D eigenvalue weighted by molar-refractivity contribution is 7.90. The molecule has 5 nitrogen and oxygen atoms in total. The highest BCUT2D eigenvalue weighted by Gasteiger charge is 2.23. The normalized spacial score (nSPS) is 14.8. The van der Waals surface area contributed by atoms with Gasteiger partial charge in [-0.15, -0.1) is 0 Å². The van der Waals surface area contributed by atoms with E-state index < -0.39 is 21.5 Å². The van der Waals surface area contributed by atoms with E-state index in [2.05, 4.69) is 20.9 Å². The molecule has 0 fully saturated rings. The summed E-state index contributed by atoms with van der Waals surface area (Å²) in [7, 11) is -0.890. The number of aryl methyl sites for hydroxylation is 1. The molecule has 30 heavy (non-hydrogen) atoms. The third kappa shape index (κ3) is 4.34. The van der Waals surface area contributed by atoms with Gasteiger partial charge in [-0.1, -0.05) is 6.07 Å². The van der Waals surface area contributed by atoms with Crippen LogP contribution < -0.4 is 5.32 Å². The first kappa shape index (κ1) is 20.8. The Bertz CT molecular complexity index is 1200. The van der Waals surface area contributed by atoms with Crippen LogP contribution in [0.4, 0.5) is 20.2 Å². The van der Waals surface area contributed by atoms with Gasteiger partial charge >= 0.3 is 0 Å². The highest BCUT2D eigenvalue weighted by Crippen LogP contribution is 2.32. The van der Waals surface area contributed by atoms with Crippen molar-refractivity contribution in [2.45, 2.75) is 19.4 Å². The average molecular weight is 434 g/mol. The number of fused-ring (bicyclic) bond motifs is 3. The van der Waals surface area contributed by atoms with Gasteiger partial charge in [-0.05, 0) is 42.8 Å². The Morgan fingerprint density at radius 3 is 2.53 bits per heavy atom. The molecule has 2 aromatic carbocycles. The molecule has 160 valence electrons. The Hall–Kier alpha value is -2.45. The maximum absolute atomic E-state index is 13.5. The maximum Gasteiger partial charge on any atom is 0.160 e. The van der Waals surface area contributed by atoms with Crippen molar-refractivity contribution in [3.63, 3.8) is 0 Å². The Kier molecular flexibility index (Phi) is 5.55. The zero-order chi connectivity index (χ0) is 21.5. The van der Waals surface area contributed by atoms with Crippen LogP contribution in [0, 0.1) is 11.6 Å². The number of anilines is 2. The molecule has 0 radical (unpaired) electrons. The molecule has 4 rings (SSSR count). The van der Waals surface area contributed by atoms with Crippen molar-refractivity contribution in [2.75, 3.05) is 30.4 Å². The van der Waals surface area contributed by atoms with Crippen molar-refractivity contribution in [3.05, 3.63) is 59.3 Å². The van der Waals surface area contributed by atoms with Crippen molar-refractivity contribution in [3.8, 4) is 0 Å². The molecule has 0 spiro atoms. The molecule has 0 saturated heterocycles. The molecule has 0 saturated carbocycles. The summed E-state index contributed by atoms with van der Waals surface area (Å²) in [6.45, 7) is 2.46. The van der Waals surface area contributed by atoms with E-state index in [9.17, 15) is 17.2 Å². The van der Waals surface area contributed by atoms with Gasteiger partial charge in [0.05, 0.1) is 11.3 Å². The SMILES string of the molecule is Cn1c2c(c3ccc(Nc4ccc(F)c(F)c4)cc31)CN(CCCS(C)(=O)=O)CC2. The third-order valence-corrected chi connectivity index (χ3v) is 6.71. The van der Waals surface area contributed by atoms with Crippen molar-refractivity contribution in [2.24, 2.45) is 7.05 Å². The minimum Gasteiger partial charge on any atom is -0.355 e. The predicted octanol–water partition coefficient (Wildman–Crippen LogP) is 3.99. The molecule has 1 aliphatic heterocycles. The Labute approximate surface area is 175 Å². The molecule has 0 bridgehead atoms. The first-order valence-corrected chi connectivity index (χ1v) is 12.0. The van der Waals surface area contributed by atoms with Crippen molar-refractivity contribution in [1.29, 1.82) is 0 Å². The first-order valence-electron chi connectivity index (χ1n) is 9.93. The van der Waals surface area contributed by atoms with Crippen LogP contribution in [0.1, 0.15) is 17.7 Å². The molecule has 1 aliphatic rings. The van der Waals surface area contributed by atoms with Gasteiger partial charge < -0.3 is 9.88 Å². The Morgan fingerprint density at radius 1 is 1.07 bits per heavy atom. The van der Waals surface area contributed by atoms with E-state index in [4.69, 9.17) is 0 Å². The predicted molar refractivity (Wildman–Crippen MR) is 116 cm³/mol. The van der Waals surface area contributed by atoms with Gasteiger partial charge in [0.25, 0.3) is 0 Å². The molecule has 8 heteroatoms. The van der Waals surface area contributed by atoms with E-state index in [1.165, 1.54) is 23.6 Å². The maximum atomic E-state index is 13.5. The summed E-state index contributed by atoms with van der Waals surface area (Å²) in [5, 5.41) is 4.30. The zero-order valence-electron chi connectivity index (χ0n) is 17.1. The molecular weight excluding hydrogens is 408 g/mol. The van der Waals surface area contributed by atoms with Crippen LogP contribution in [0.3, 0.4) is 0 Å². The molecule has 0 atom stereocenters. The second-order valence-electron chi connectivity index (χ2n) is 7.98. The number of hydrogen-bond donors (Lipinski definition) is 1. The second-order valence-corrected chi connectivity index (χ2v) is 10.2. The summed E-state index contributed by atoms with van der Waals surface area (Å²) < 4.78 is 51.6. The smallest absolute Gasteiger partial charge is 0.160 e. The fraction of sp³-hybridized carbons (Fsp3) is 0.364. The molecule has 0 amide bonds. The summed E-state index contributed by atoms with van der Waals surface area (Å²) >= 11 is 0. The van der Waals surface area contributed by atoms with Crippen LogP contribution in [0.5, 0.6) is 0 Å². The van der Waals surface area contributed by atoms with Crippen molar-refractivity contribution in [1.82, 2.24) is 9.47 Å². The fourth-order valence-electron chi connectivity index (χ4n) is 4.19. The molecule has 3 aromatic rings.